The summed E-state index contributed by atoms with van der Waals surface area (Å²) in [6.07, 6.45) is 4.13. The second-order valence-electron chi connectivity index (χ2n) is 6.29. The number of hydrogen-bond donors (Lipinski definition) is 2. The molecule has 1 aromatic heterocycles. The molecule has 1 aliphatic rings. The Labute approximate surface area is 151 Å². The molecular formula is C16H20ClN3O4S. The molecule has 1 heterocycles. The predicted molar refractivity (Wildman–Crippen MR) is 95.5 cm³/mol. The van der Waals surface area contributed by atoms with Crippen molar-refractivity contribution in [3.8, 4) is 11.5 Å². The third-order valence-corrected chi connectivity index (χ3v) is 5.27. The molecule has 3 N–H and O–H groups in total. The first kappa shape index (κ1) is 18.0. The molecule has 0 amide bonds. The highest BCUT2D eigenvalue weighted by Crippen LogP contribution is 2.43. The molecule has 0 aliphatic heterocycles. The maximum Gasteiger partial charge on any atom is 0.174 e. The molecule has 136 valence electrons. The van der Waals surface area contributed by atoms with Gasteiger partial charge in [-0.05, 0) is 25.0 Å². The van der Waals surface area contributed by atoms with E-state index in [1.807, 2.05) is 0 Å². The SMILES string of the molecule is CS(=O)(=O)Cn1nc(C2CCC2)c(Oc2ccc(N)c(Cl)c2)c1CO. The number of nitrogen functional groups attached to an aromatic ring is 1. The highest BCUT2D eigenvalue weighted by Gasteiger charge is 2.30. The molecule has 9 heteroatoms. The summed E-state index contributed by atoms with van der Waals surface area (Å²) in [6, 6.07) is 4.87. The van der Waals surface area contributed by atoms with Crippen LogP contribution in [0.4, 0.5) is 5.69 Å². The number of nitrogens with two attached hydrogens (primary N) is 1. The summed E-state index contributed by atoms with van der Waals surface area (Å²) >= 11 is 6.03. The van der Waals surface area contributed by atoms with Crippen molar-refractivity contribution in [3.63, 3.8) is 0 Å². The number of aliphatic hydroxyl groups is 1. The van der Waals surface area contributed by atoms with Crippen molar-refractivity contribution in [2.24, 2.45) is 0 Å². The van der Waals surface area contributed by atoms with E-state index in [9.17, 15) is 13.5 Å². The Bertz CT molecular complexity index is 891. The average Bonchev–Trinajstić information content (AvgIpc) is 2.76. The fourth-order valence-corrected chi connectivity index (χ4v) is 3.56. The van der Waals surface area contributed by atoms with E-state index in [0.717, 1.165) is 25.5 Å². The second kappa shape index (κ2) is 6.86. The zero-order valence-electron chi connectivity index (χ0n) is 13.8. The summed E-state index contributed by atoms with van der Waals surface area (Å²) in [5.41, 5.74) is 7.15. The van der Waals surface area contributed by atoms with Crippen LogP contribution in [-0.4, -0.2) is 29.6 Å². The Morgan fingerprint density at radius 1 is 1.44 bits per heavy atom. The number of halogens is 1. The molecule has 3 rings (SSSR count). The van der Waals surface area contributed by atoms with Crippen LogP contribution >= 0.6 is 11.6 Å². The van der Waals surface area contributed by atoms with E-state index < -0.39 is 9.84 Å². The van der Waals surface area contributed by atoms with Gasteiger partial charge in [0, 0.05) is 18.2 Å². The second-order valence-corrected chi connectivity index (χ2v) is 8.80. The molecule has 0 spiro atoms. The summed E-state index contributed by atoms with van der Waals surface area (Å²) < 4.78 is 30.6. The molecule has 1 saturated carbocycles. The van der Waals surface area contributed by atoms with Crippen molar-refractivity contribution in [3.05, 3.63) is 34.6 Å². The van der Waals surface area contributed by atoms with Gasteiger partial charge in [-0.3, -0.25) is 0 Å². The zero-order chi connectivity index (χ0) is 18.2. The highest BCUT2D eigenvalue weighted by atomic mass is 35.5. The van der Waals surface area contributed by atoms with Gasteiger partial charge in [0.15, 0.2) is 15.6 Å². The quantitative estimate of drug-likeness (QED) is 0.740. The van der Waals surface area contributed by atoms with E-state index >= 15 is 0 Å². The lowest BCUT2D eigenvalue weighted by atomic mass is 9.82. The van der Waals surface area contributed by atoms with Crippen LogP contribution in [0.25, 0.3) is 0 Å². The van der Waals surface area contributed by atoms with E-state index in [0.29, 0.717) is 33.6 Å². The van der Waals surface area contributed by atoms with Gasteiger partial charge in [-0.25, -0.2) is 13.1 Å². The Morgan fingerprint density at radius 2 is 2.16 bits per heavy atom. The lowest BCUT2D eigenvalue weighted by molar-refractivity contribution is 0.264. The van der Waals surface area contributed by atoms with Crippen molar-refractivity contribution in [1.82, 2.24) is 9.78 Å². The topological polar surface area (TPSA) is 107 Å². The van der Waals surface area contributed by atoms with Gasteiger partial charge in [-0.2, -0.15) is 5.10 Å². The van der Waals surface area contributed by atoms with E-state index in [1.54, 1.807) is 18.2 Å². The maximum atomic E-state index is 11.7. The lowest BCUT2D eigenvalue weighted by Gasteiger charge is -2.24. The van der Waals surface area contributed by atoms with Gasteiger partial charge in [-0.1, -0.05) is 18.0 Å². The van der Waals surface area contributed by atoms with Crippen LogP contribution in [0.15, 0.2) is 18.2 Å². The normalized spacial score (nSPS) is 15.2. The number of nitrogens with zero attached hydrogens (tertiary/aromatic N) is 2. The van der Waals surface area contributed by atoms with E-state index in [2.05, 4.69) is 5.10 Å². The molecule has 0 radical (unpaired) electrons. The fraction of sp³-hybridized carbons (Fsp3) is 0.438. The first-order valence-corrected chi connectivity index (χ1v) is 10.3. The van der Waals surface area contributed by atoms with Crippen LogP contribution in [-0.2, 0) is 22.3 Å². The molecule has 25 heavy (non-hydrogen) atoms. The summed E-state index contributed by atoms with van der Waals surface area (Å²) in [4.78, 5) is 0. The minimum Gasteiger partial charge on any atom is -0.453 e. The minimum atomic E-state index is -3.32. The molecule has 1 fully saturated rings. The molecule has 0 bridgehead atoms. The van der Waals surface area contributed by atoms with Gasteiger partial charge < -0.3 is 15.6 Å². The van der Waals surface area contributed by atoms with E-state index in [-0.39, 0.29) is 18.4 Å². The Hall–Kier alpha value is -1.77. The first-order chi connectivity index (χ1) is 11.8. The van der Waals surface area contributed by atoms with Gasteiger partial charge in [0.25, 0.3) is 0 Å². The molecule has 7 nitrogen and oxygen atoms in total. The van der Waals surface area contributed by atoms with Gasteiger partial charge >= 0.3 is 0 Å². The number of aliphatic hydroxyl groups excluding tert-OH is 1. The predicted octanol–water partition coefficient (Wildman–Crippen LogP) is 2.67. The molecule has 2 aromatic rings. The van der Waals surface area contributed by atoms with Crippen LogP contribution in [0.1, 0.15) is 36.6 Å². The number of anilines is 1. The fourth-order valence-electron chi connectivity index (χ4n) is 2.73. The maximum absolute atomic E-state index is 11.7. The van der Waals surface area contributed by atoms with Crippen LogP contribution in [0, 0.1) is 0 Å². The van der Waals surface area contributed by atoms with E-state index in [1.165, 1.54) is 4.68 Å². The molecular weight excluding hydrogens is 366 g/mol. The summed E-state index contributed by atoms with van der Waals surface area (Å²) in [7, 11) is -3.32. The van der Waals surface area contributed by atoms with Gasteiger partial charge in [0.2, 0.25) is 0 Å². The molecule has 1 aromatic carbocycles. The average molecular weight is 386 g/mol. The number of ether oxygens (including phenoxy) is 1. The van der Waals surface area contributed by atoms with Crippen LogP contribution in [0.5, 0.6) is 11.5 Å². The minimum absolute atomic E-state index is 0.199. The standard InChI is InChI=1S/C16H20ClN3O4S/c1-25(22,23)9-20-14(8-21)16(15(19-20)10-3-2-4-10)24-11-5-6-13(18)12(17)7-11/h5-7,10,21H,2-4,8-9,18H2,1H3. The van der Waals surface area contributed by atoms with Crippen molar-refractivity contribution >= 4 is 27.1 Å². The number of sulfone groups is 1. The van der Waals surface area contributed by atoms with Gasteiger partial charge in [-0.15, -0.1) is 0 Å². The Morgan fingerprint density at radius 3 is 2.68 bits per heavy atom. The monoisotopic (exact) mass is 385 g/mol. The van der Waals surface area contributed by atoms with Crippen molar-refractivity contribution in [2.75, 3.05) is 12.0 Å². The van der Waals surface area contributed by atoms with Crippen LogP contribution in [0.3, 0.4) is 0 Å². The first-order valence-electron chi connectivity index (χ1n) is 7.89. The summed E-state index contributed by atoms with van der Waals surface area (Å²) in [6.45, 7) is -0.382. The van der Waals surface area contributed by atoms with Gasteiger partial charge in [0.1, 0.15) is 23.0 Å². The number of benzene rings is 1. The van der Waals surface area contributed by atoms with Crippen LogP contribution in [0.2, 0.25) is 5.02 Å². The third kappa shape index (κ3) is 3.91. The van der Waals surface area contributed by atoms with Crippen molar-refractivity contribution < 1.29 is 18.3 Å². The van der Waals surface area contributed by atoms with E-state index in [4.69, 9.17) is 22.1 Å². The summed E-state index contributed by atoms with van der Waals surface area (Å²) in [5, 5.41) is 14.6. The lowest BCUT2D eigenvalue weighted by Crippen LogP contribution is -2.14. The molecule has 1 aliphatic carbocycles. The number of rotatable bonds is 6. The largest absolute Gasteiger partial charge is 0.453 e. The zero-order valence-corrected chi connectivity index (χ0v) is 15.3. The molecule has 0 unspecified atom stereocenters. The van der Waals surface area contributed by atoms with Crippen LogP contribution < -0.4 is 10.5 Å². The van der Waals surface area contributed by atoms with Gasteiger partial charge in [0.05, 0.1) is 17.3 Å². The number of hydrogen-bond acceptors (Lipinski definition) is 6. The smallest absolute Gasteiger partial charge is 0.174 e. The molecule has 0 atom stereocenters. The Kier molecular flexibility index (Phi) is 4.95. The van der Waals surface area contributed by atoms with Crippen molar-refractivity contribution in [2.45, 2.75) is 37.7 Å². The highest BCUT2D eigenvalue weighted by molar-refractivity contribution is 7.89. The number of aromatic nitrogens is 2. The Balaban J connectivity index is 2.03. The molecule has 0 saturated heterocycles. The van der Waals surface area contributed by atoms with Crippen molar-refractivity contribution in [1.29, 1.82) is 0 Å². The summed E-state index contributed by atoms with van der Waals surface area (Å²) in [5.74, 6) is 0.740. The third-order valence-electron chi connectivity index (χ3n) is 4.23.